The zero-order chi connectivity index (χ0) is 13.3. The number of aryl methyl sites for hydroxylation is 1. The second-order valence-electron chi connectivity index (χ2n) is 3.89. The average molecular weight is 344 g/mol. The highest BCUT2D eigenvalue weighted by Gasteiger charge is 2.16. The van der Waals surface area contributed by atoms with Crippen molar-refractivity contribution in [3.63, 3.8) is 0 Å². The van der Waals surface area contributed by atoms with Crippen molar-refractivity contribution in [2.24, 2.45) is 0 Å². The highest BCUT2D eigenvalue weighted by atomic mass is 79.9. The van der Waals surface area contributed by atoms with Gasteiger partial charge in [-0.25, -0.2) is 0 Å². The maximum Gasteiger partial charge on any atom is 0.195 e. The van der Waals surface area contributed by atoms with E-state index < -0.39 is 0 Å². The molecule has 0 aromatic heterocycles. The van der Waals surface area contributed by atoms with Crippen LogP contribution in [-0.4, -0.2) is 5.78 Å². The Labute approximate surface area is 124 Å². The Morgan fingerprint density at radius 1 is 1.11 bits per heavy atom. The van der Waals surface area contributed by atoms with Crippen LogP contribution in [0.1, 0.15) is 21.5 Å². The molecule has 0 saturated carbocycles. The van der Waals surface area contributed by atoms with Gasteiger partial charge in [0.25, 0.3) is 0 Å². The van der Waals surface area contributed by atoms with Gasteiger partial charge in [-0.05, 0) is 46.6 Å². The van der Waals surface area contributed by atoms with E-state index in [0.717, 1.165) is 5.56 Å². The molecule has 0 saturated heterocycles. The summed E-state index contributed by atoms with van der Waals surface area (Å²) in [5, 5.41) is 0.995. The Bertz CT molecular complexity index is 603. The van der Waals surface area contributed by atoms with Gasteiger partial charge in [-0.3, -0.25) is 4.79 Å². The largest absolute Gasteiger partial charge is 0.289 e. The summed E-state index contributed by atoms with van der Waals surface area (Å²) >= 11 is 15.4. The van der Waals surface area contributed by atoms with Crippen molar-refractivity contribution in [2.75, 3.05) is 0 Å². The number of halogens is 3. The summed E-state index contributed by atoms with van der Waals surface area (Å²) in [6.07, 6.45) is 0. The van der Waals surface area contributed by atoms with Crippen LogP contribution >= 0.6 is 39.1 Å². The molecule has 0 N–H and O–H groups in total. The van der Waals surface area contributed by atoms with E-state index in [4.69, 9.17) is 23.2 Å². The normalized spacial score (nSPS) is 10.4. The predicted molar refractivity (Wildman–Crippen MR) is 78.8 cm³/mol. The Balaban J connectivity index is 2.51. The molecular weight excluding hydrogens is 335 g/mol. The molecule has 4 heteroatoms. The second kappa shape index (κ2) is 5.43. The van der Waals surface area contributed by atoms with Crippen LogP contribution in [0, 0.1) is 6.92 Å². The maximum absolute atomic E-state index is 12.4. The van der Waals surface area contributed by atoms with E-state index in [2.05, 4.69) is 15.9 Å². The topological polar surface area (TPSA) is 17.1 Å². The third-order valence-corrected chi connectivity index (χ3v) is 4.01. The van der Waals surface area contributed by atoms with E-state index in [9.17, 15) is 4.79 Å². The number of carbonyl (C=O) groups excluding carboxylic acids is 1. The van der Waals surface area contributed by atoms with E-state index in [-0.39, 0.29) is 5.78 Å². The fourth-order valence-electron chi connectivity index (χ4n) is 1.59. The van der Waals surface area contributed by atoms with Crippen molar-refractivity contribution in [1.29, 1.82) is 0 Å². The lowest BCUT2D eigenvalue weighted by Gasteiger charge is -2.07. The first-order valence-corrected chi connectivity index (χ1v) is 6.80. The molecule has 0 radical (unpaired) electrons. The summed E-state index contributed by atoms with van der Waals surface area (Å²) in [4.78, 5) is 12.4. The minimum absolute atomic E-state index is 0.144. The molecule has 92 valence electrons. The minimum Gasteiger partial charge on any atom is -0.289 e. The fourth-order valence-corrected chi connectivity index (χ4v) is 2.69. The molecule has 0 aliphatic heterocycles. The Kier molecular flexibility index (Phi) is 4.10. The fraction of sp³-hybridized carbons (Fsp3) is 0.0714. The van der Waals surface area contributed by atoms with E-state index in [0.29, 0.717) is 25.6 Å². The van der Waals surface area contributed by atoms with Crippen LogP contribution in [0.25, 0.3) is 0 Å². The van der Waals surface area contributed by atoms with Crippen molar-refractivity contribution < 1.29 is 4.79 Å². The van der Waals surface area contributed by atoms with E-state index in [1.807, 2.05) is 13.0 Å². The van der Waals surface area contributed by atoms with E-state index in [1.54, 1.807) is 30.3 Å². The van der Waals surface area contributed by atoms with Crippen LogP contribution < -0.4 is 0 Å². The Morgan fingerprint density at radius 2 is 1.83 bits per heavy atom. The molecule has 18 heavy (non-hydrogen) atoms. The number of hydrogen-bond acceptors (Lipinski definition) is 1. The van der Waals surface area contributed by atoms with Gasteiger partial charge >= 0.3 is 0 Å². The monoisotopic (exact) mass is 342 g/mol. The van der Waals surface area contributed by atoms with Gasteiger partial charge in [-0.2, -0.15) is 0 Å². The highest BCUT2D eigenvalue weighted by Crippen LogP contribution is 2.28. The number of carbonyl (C=O) groups is 1. The Morgan fingerprint density at radius 3 is 2.44 bits per heavy atom. The zero-order valence-corrected chi connectivity index (χ0v) is 12.6. The lowest BCUT2D eigenvalue weighted by atomic mass is 10.0. The van der Waals surface area contributed by atoms with Crippen molar-refractivity contribution >= 4 is 44.9 Å². The summed E-state index contributed by atoms with van der Waals surface area (Å²) in [6, 6.07) is 10.5. The second-order valence-corrected chi connectivity index (χ2v) is 5.56. The molecule has 0 heterocycles. The molecule has 0 spiro atoms. The summed E-state index contributed by atoms with van der Waals surface area (Å²) in [5.74, 6) is -0.144. The number of ketones is 1. The molecule has 0 bridgehead atoms. The van der Waals surface area contributed by atoms with Crippen LogP contribution in [0.3, 0.4) is 0 Å². The first-order valence-electron chi connectivity index (χ1n) is 5.25. The molecule has 0 atom stereocenters. The molecule has 1 nitrogen and oxygen atoms in total. The maximum atomic E-state index is 12.4. The minimum atomic E-state index is -0.144. The highest BCUT2D eigenvalue weighted by molar-refractivity contribution is 9.10. The van der Waals surface area contributed by atoms with Gasteiger partial charge in [0, 0.05) is 15.1 Å². The van der Waals surface area contributed by atoms with Crippen molar-refractivity contribution in [3.05, 3.63) is 67.6 Å². The average Bonchev–Trinajstić information content (AvgIpc) is 2.32. The smallest absolute Gasteiger partial charge is 0.195 e. The van der Waals surface area contributed by atoms with Gasteiger partial charge in [-0.15, -0.1) is 0 Å². The third-order valence-electron chi connectivity index (χ3n) is 2.62. The van der Waals surface area contributed by atoms with Crippen LogP contribution in [0.5, 0.6) is 0 Å². The van der Waals surface area contributed by atoms with Gasteiger partial charge in [0.2, 0.25) is 0 Å². The van der Waals surface area contributed by atoms with Gasteiger partial charge in [0.1, 0.15) is 0 Å². The molecule has 2 aromatic carbocycles. The van der Waals surface area contributed by atoms with Gasteiger partial charge in [0.05, 0.1) is 10.6 Å². The predicted octanol–water partition coefficient (Wildman–Crippen LogP) is 5.30. The molecule has 0 aliphatic rings. The van der Waals surface area contributed by atoms with Crippen LogP contribution in [-0.2, 0) is 0 Å². The van der Waals surface area contributed by atoms with Gasteiger partial charge in [-0.1, -0.05) is 41.4 Å². The van der Waals surface area contributed by atoms with E-state index >= 15 is 0 Å². The number of rotatable bonds is 2. The van der Waals surface area contributed by atoms with Gasteiger partial charge in [0.15, 0.2) is 5.78 Å². The standard InChI is InChI=1S/C14H9BrCl2O/c1-8-5-6-9(7-12(8)17)14(18)13-10(15)3-2-4-11(13)16/h2-7H,1H3. The molecule has 0 amide bonds. The molecule has 2 aromatic rings. The number of benzene rings is 2. The summed E-state index contributed by atoms with van der Waals surface area (Å²) in [5.41, 5.74) is 1.92. The Hall–Kier alpha value is -0.830. The van der Waals surface area contributed by atoms with Crippen molar-refractivity contribution in [3.8, 4) is 0 Å². The molecule has 0 aliphatic carbocycles. The van der Waals surface area contributed by atoms with Crippen molar-refractivity contribution in [1.82, 2.24) is 0 Å². The summed E-state index contributed by atoms with van der Waals surface area (Å²) in [7, 11) is 0. The van der Waals surface area contributed by atoms with Crippen LogP contribution in [0.15, 0.2) is 40.9 Å². The van der Waals surface area contributed by atoms with Crippen molar-refractivity contribution in [2.45, 2.75) is 6.92 Å². The quantitative estimate of drug-likeness (QED) is 0.676. The zero-order valence-electron chi connectivity index (χ0n) is 9.51. The summed E-state index contributed by atoms with van der Waals surface area (Å²) < 4.78 is 0.677. The summed E-state index contributed by atoms with van der Waals surface area (Å²) in [6.45, 7) is 1.89. The molecular formula is C14H9BrCl2O. The first kappa shape index (κ1) is 13.6. The number of hydrogen-bond donors (Lipinski definition) is 0. The lowest BCUT2D eigenvalue weighted by Crippen LogP contribution is -2.03. The lowest BCUT2D eigenvalue weighted by molar-refractivity contribution is 0.103. The first-order chi connectivity index (χ1) is 8.50. The molecule has 0 fully saturated rings. The van der Waals surface area contributed by atoms with Crippen LogP contribution in [0.4, 0.5) is 0 Å². The van der Waals surface area contributed by atoms with E-state index in [1.165, 1.54) is 0 Å². The molecule has 0 unspecified atom stereocenters. The third kappa shape index (κ3) is 2.61. The SMILES string of the molecule is Cc1ccc(C(=O)c2c(Cl)cccc2Br)cc1Cl. The van der Waals surface area contributed by atoms with Gasteiger partial charge < -0.3 is 0 Å². The molecule has 2 rings (SSSR count). The van der Waals surface area contributed by atoms with Crippen LogP contribution in [0.2, 0.25) is 10.0 Å².